The fourth-order valence-corrected chi connectivity index (χ4v) is 17.8. The molecule has 18 aromatic rings. The predicted octanol–water partition coefficient (Wildman–Crippen LogP) is 22.5. The van der Waals surface area contributed by atoms with Crippen molar-refractivity contribution in [3.8, 4) is 120 Å². The second-order valence-corrected chi connectivity index (χ2v) is 29.1. The molecule has 0 N–H and O–H groups in total. The molecule has 7 aromatic carbocycles. The maximum atomic E-state index is 5.10. The molecule has 17 heteroatoms. The molecule has 0 aliphatic heterocycles. The Morgan fingerprint density at radius 3 is 0.722 bits per heavy atom. The van der Waals surface area contributed by atoms with Crippen LogP contribution in [0.15, 0.2) is 267 Å². The molecule has 97 heavy (non-hydrogen) atoms. The third kappa shape index (κ3) is 11.0. The Hall–Kier alpha value is -11.0. The summed E-state index contributed by atoms with van der Waals surface area (Å²) in [6, 6.07) is 77.6. The second-order valence-electron chi connectivity index (χ2n) is 23.1. The summed E-state index contributed by atoms with van der Waals surface area (Å²) in [5, 5.41) is 5.39. The molecular weight excluding hydrogens is 1310 g/mol. The van der Waals surface area contributed by atoms with Crippen molar-refractivity contribution in [1.82, 2.24) is 54.8 Å². The lowest BCUT2D eigenvalue weighted by Crippen LogP contribution is -2.02. The highest BCUT2D eigenvalue weighted by molar-refractivity contribution is 8.08. The number of hydrogen-bond donors (Lipinski definition) is 0. The number of pyridine rings is 6. The number of aryl methyl sites for hydroxylation is 1. The van der Waals surface area contributed by atoms with Gasteiger partial charge in [-0.3, -0.25) is 0 Å². The van der Waals surface area contributed by atoms with E-state index in [0.717, 1.165) is 192 Å². The molecule has 11 nitrogen and oxygen atoms in total. The third-order valence-electron chi connectivity index (χ3n) is 17.1. The first-order chi connectivity index (χ1) is 47.8. The SMILES string of the molecule is C=C(Sc1ncccc1C)c1ccc(-c2c(-c3ccc(-c4nc5cccnc5s4)cc3)c(-c3ccc(-c4nc5cccnc5s4)cc3)c(-c3ccc(-c4nc5cccnc5s4)cc3)c(-c3ccc(-c4nc5cccnc5s4)cc3)c2-c2ccc(-c3nc4cccnc4s3)cc2)cc1. The van der Waals surface area contributed by atoms with Gasteiger partial charge in [0.25, 0.3) is 0 Å². The largest absolute Gasteiger partial charge is 0.249 e. The Labute approximate surface area is 580 Å². The van der Waals surface area contributed by atoms with E-state index in [1.165, 1.54) is 0 Å². The predicted molar refractivity (Wildman–Crippen MR) is 405 cm³/mol. The van der Waals surface area contributed by atoms with Gasteiger partial charge in [-0.15, -0.1) is 0 Å². The Bertz CT molecular complexity index is 5630. The lowest BCUT2D eigenvalue weighted by molar-refractivity contribution is 1.08. The van der Waals surface area contributed by atoms with Gasteiger partial charge in [0.05, 0.1) is 0 Å². The fraction of sp³-hybridized carbons (Fsp3) is 0.0125. The summed E-state index contributed by atoms with van der Waals surface area (Å²) in [6.07, 6.45) is 11.0. The summed E-state index contributed by atoms with van der Waals surface area (Å²) in [4.78, 5) is 59.1. The summed E-state index contributed by atoms with van der Waals surface area (Å²) >= 11 is 9.55. The normalized spacial score (nSPS) is 11.6. The van der Waals surface area contributed by atoms with Crippen LogP contribution in [0.1, 0.15) is 11.1 Å². The van der Waals surface area contributed by atoms with Crippen LogP contribution < -0.4 is 0 Å². The van der Waals surface area contributed by atoms with E-state index in [2.05, 4.69) is 190 Å². The van der Waals surface area contributed by atoms with Gasteiger partial charge < -0.3 is 0 Å². The monoisotopic (exact) mass is 1350 g/mol. The number of benzene rings is 7. The van der Waals surface area contributed by atoms with E-state index in [1.807, 2.05) is 104 Å². The molecule has 0 aliphatic carbocycles. The number of thiazole rings is 5. The highest BCUT2D eigenvalue weighted by atomic mass is 32.2. The first-order valence-corrected chi connectivity index (χ1v) is 36.0. The number of nitrogens with zero attached hydrogens (tertiary/aromatic N) is 11. The van der Waals surface area contributed by atoms with E-state index in [9.17, 15) is 0 Å². The summed E-state index contributed by atoms with van der Waals surface area (Å²) in [6.45, 7) is 6.73. The van der Waals surface area contributed by atoms with E-state index in [4.69, 9.17) is 29.9 Å². The Morgan fingerprint density at radius 2 is 0.485 bits per heavy atom. The fourth-order valence-electron chi connectivity index (χ4n) is 12.4. The minimum Gasteiger partial charge on any atom is -0.249 e. The molecule has 0 saturated carbocycles. The van der Waals surface area contributed by atoms with Crippen molar-refractivity contribution in [2.75, 3.05) is 0 Å². The van der Waals surface area contributed by atoms with Crippen molar-refractivity contribution in [2.24, 2.45) is 0 Å². The standard InChI is InChI=1S/C80H47N11S6/c1-45-9-3-39-81-70(45)92-46(2)47-15-17-48(18-16-47)64-65(49-19-29-54(30-20-49)71-87-59-10-4-40-82-76(59)93-71)67(51-23-33-56(34-24-51)73-89-61-12-6-42-84-78(61)95-73)69(53-27-37-58(38-28-53)75-91-63-14-8-44-86-80(63)97-75)68(52-25-35-57(36-26-52)74-90-62-13-7-43-85-79(62)96-74)66(64)50-21-31-55(32-22-50)72-88-60-11-5-41-83-77(60)94-72/h3-44H,2H2,1H3. The van der Waals surface area contributed by atoms with E-state index in [-0.39, 0.29) is 0 Å². The van der Waals surface area contributed by atoms with Crippen molar-refractivity contribution in [3.05, 3.63) is 273 Å². The summed E-state index contributed by atoms with van der Waals surface area (Å²) < 4.78 is 0. The first-order valence-electron chi connectivity index (χ1n) is 31.1. The molecular formula is C80H47N11S6. The molecule has 0 fully saturated rings. The smallest absolute Gasteiger partial charge is 0.143 e. The maximum Gasteiger partial charge on any atom is 0.143 e. The number of fused-ring (bicyclic) bond motifs is 5. The summed E-state index contributed by atoms with van der Waals surface area (Å²) in [5.74, 6) is 0. The lowest BCUT2D eigenvalue weighted by Gasteiger charge is -2.29. The van der Waals surface area contributed by atoms with Gasteiger partial charge in [0.1, 0.15) is 81.8 Å². The van der Waals surface area contributed by atoms with Crippen LogP contribution in [0.3, 0.4) is 0 Å². The quantitative estimate of drug-likeness (QED) is 0.0957. The van der Waals surface area contributed by atoms with Crippen LogP contribution >= 0.6 is 68.4 Å². The maximum absolute atomic E-state index is 5.10. The van der Waals surface area contributed by atoms with Gasteiger partial charge in [-0.25, -0.2) is 54.8 Å². The minimum absolute atomic E-state index is 0.869. The molecule has 0 atom stereocenters. The van der Waals surface area contributed by atoms with Gasteiger partial charge in [0, 0.05) is 69.9 Å². The minimum atomic E-state index is 0.869. The number of aromatic nitrogens is 11. The van der Waals surface area contributed by atoms with Crippen LogP contribution in [-0.4, -0.2) is 54.8 Å². The Balaban J connectivity index is 0.946. The van der Waals surface area contributed by atoms with Crippen molar-refractivity contribution in [1.29, 1.82) is 0 Å². The number of hydrogen-bond acceptors (Lipinski definition) is 17. The van der Waals surface area contributed by atoms with Crippen LogP contribution in [0.5, 0.6) is 0 Å². The van der Waals surface area contributed by atoms with Gasteiger partial charge in [-0.1, -0.05) is 227 Å². The average Bonchev–Trinajstić information content (AvgIpc) is 1.45. The van der Waals surface area contributed by atoms with Crippen molar-refractivity contribution >= 4 is 125 Å². The van der Waals surface area contributed by atoms with Crippen molar-refractivity contribution in [2.45, 2.75) is 11.9 Å². The Morgan fingerprint density at radius 1 is 0.268 bits per heavy atom. The van der Waals surface area contributed by atoms with Crippen LogP contribution in [0.2, 0.25) is 0 Å². The molecule has 18 rings (SSSR count). The zero-order chi connectivity index (χ0) is 64.5. The van der Waals surface area contributed by atoms with Crippen molar-refractivity contribution < 1.29 is 0 Å². The third-order valence-corrected chi connectivity index (χ3v) is 23.4. The van der Waals surface area contributed by atoms with Gasteiger partial charge >= 0.3 is 0 Å². The topological polar surface area (TPSA) is 142 Å². The lowest BCUT2D eigenvalue weighted by atomic mass is 9.74. The zero-order valence-electron chi connectivity index (χ0n) is 51.3. The van der Waals surface area contributed by atoms with Crippen LogP contribution in [0.4, 0.5) is 0 Å². The van der Waals surface area contributed by atoms with E-state index in [1.54, 1.807) is 68.4 Å². The molecule has 458 valence electrons. The van der Waals surface area contributed by atoms with Crippen LogP contribution in [0, 0.1) is 6.92 Å². The summed E-state index contributed by atoms with van der Waals surface area (Å²) in [5.41, 5.74) is 23.7. The molecule has 11 aromatic heterocycles. The van der Waals surface area contributed by atoms with Gasteiger partial charge in [0.2, 0.25) is 0 Å². The molecule has 0 bridgehead atoms. The van der Waals surface area contributed by atoms with E-state index in [0.29, 0.717) is 0 Å². The van der Waals surface area contributed by atoms with Crippen LogP contribution in [0.25, 0.3) is 176 Å². The Kier molecular flexibility index (Phi) is 14.9. The van der Waals surface area contributed by atoms with Gasteiger partial charge in [0.15, 0.2) is 0 Å². The molecule has 0 saturated heterocycles. The zero-order valence-corrected chi connectivity index (χ0v) is 56.2. The molecule has 0 aliphatic rings. The molecule has 11 heterocycles. The van der Waals surface area contributed by atoms with Crippen LogP contribution in [-0.2, 0) is 0 Å². The van der Waals surface area contributed by atoms with Gasteiger partial charge in [-0.05, 0) is 152 Å². The average molecular weight is 1350 g/mol. The first kappa shape index (κ1) is 58.5. The highest BCUT2D eigenvalue weighted by Crippen LogP contribution is 2.57. The molecule has 0 spiro atoms. The summed E-state index contributed by atoms with van der Waals surface area (Å²) in [7, 11) is 0. The van der Waals surface area contributed by atoms with Gasteiger partial charge in [-0.2, -0.15) is 0 Å². The van der Waals surface area contributed by atoms with E-state index < -0.39 is 0 Å². The molecule has 0 radical (unpaired) electrons. The molecule has 0 amide bonds. The number of rotatable bonds is 14. The second kappa shape index (κ2) is 24.6. The highest BCUT2D eigenvalue weighted by Gasteiger charge is 2.31. The number of thioether (sulfide) groups is 1. The molecule has 0 unspecified atom stereocenters. The van der Waals surface area contributed by atoms with Crippen molar-refractivity contribution in [3.63, 3.8) is 0 Å². The van der Waals surface area contributed by atoms with E-state index >= 15 is 0 Å².